The highest BCUT2D eigenvalue weighted by atomic mass is 32.2. The van der Waals surface area contributed by atoms with Gasteiger partial charge in [-0.3, -0.25) is 4.57 Å². The molecule has 0 aliphatic carbocycles. The third kappa shape index (κ3) is 3.14. The van der Waals surface area contributed by atoms with Gasteiger partial charge in [0.1, 0.15) is 6.33 Å². The van der Waals surface area contributed by atoms with Gasteiger partial charge in [0.2, 0.25) is 11.9 Å². The summed E-state index contributed by atoms with van der Waals surface area (Å²) >= 11 is 1.47. The van der Waals surface area contributed by atoms with Crippen molar-refractivity contribution in [3.05, 3.63) is 18.7 Å². The first-order valence-corrected chi connectivity index (χ1v) is 5.90. The fourth-order valence-corrected chi connectivity index (χ4v) is 1.87. The van der Waals surface area contributed by atoms with E-state index in [1.54, 1.807) is 30.4 Å². The van der Waals surface area contributed by atoms with E-state index in [9.17, 15) is 0 Å². The van der Waals surface area contributed by atoms with Gasteiger partial charge < -0.3 is 10.5 Å². The zero-order chi connectivity index (χ0) is 12.1. The number of ether oxygens (including phenoxy) is 1. The Kier molecular flexibility index (Phi) is 3.89. The van der Waals surface area contributed by atoms with Crippen molar-refractivity contribution < 1.29 is 4.74 Å². The molecule has 0 aliphatic heterocycles. The van der Waals surface area contributed by atoms with E-state index >= 15 is 0 Å². The van der Waals surface area contributed by atoms with Crippen LogP contribution in [0, 0.1) is 0 Å². The molecule has 0 radical (unpaired) electrons. The van der Waals surface area contributed by atoms with Crippen LogP contribution in [0.25, 0.3) is 5.95 Å². The Morgan fingerprint density at radius 1 is 1.41 bits per heavy atom. The molecule has 2 N–H and O–H groups in total. The summed E-state index contributed by atoms with van der Waals surface area (Å²) in [6, 6.07) is 0. The van der Waals surface area contributed by atoms with Gasteiger partial charge in [0.05, 0.1) is 6.61 Å². The lowest BCUT2D eigenvalue weighted by Crippen LogP contribution is -2.06. The number of methoxy groups -OCH3 is 1. The molecule has 2 aromatic rings. The second-order valence-corrected chi connectivity index (χ2v) is 4.15. The molecule has 17 heavy (non-hydrogen) atoms. The summed E-state index contributed by atoms with van der Waals surface area (Å²) in [5.74, 6) is 1.43. The zero-order valence-corrected chi connectivity index (χ0v) is 10.1. The van der Waals surface area contributed by atoms with Gasteiger partial charge in [0.25, 0.3) is 0 Å². The molecule has 2 rings (SSSR count). The first-order chi connectivity index (χ1) is 8.29. The molecule has 0 atom stereocenters. The molecule has 0 unspecified atom stereocenters. The van der Waals surface area contributed by atoms with Crippen LogP contribution in [0.4, 0.5) is 5.95 Å². The van der Waals surface area contributed by atoms with Gasteiger partial charge in [-0.25, -0.2) is 4.98 Å². The van der Waals surface area contributed by atoms with Crippen molar-refractivity contribution in [1.29, 1.82) is 0 Å². The van der Waals surface area contributed by atoms with E-state index in [0.29, 0.717) is 17.7 Å². The van der Waals surface area contributed by atoms with Crippen LogP contribution in [-0.4, -0.2) is 44.0 Å². The van der Waals surface area contributed by atoms with Crippen molar-refractivity contribution in [1.82, 2.24) is 24.5 Å². The van der Waals surface area contributed by atoms with E-state index in [2.05, 4.69) is 19.9 Å². The summed E-state index contributed by atoms with van der Waals surface area (Å²) in [6.45, 7) is 0.636. The fourth-order valence-electron chi connectivity index (χ4n) is 1.13. The number of nitrogens with two attached hydrogens (primary N) is 1. The maximum atomic E-state index is 5.63. The van der Waals surface area contributed by atoms with Crippen molar-refractivity contribution in [3.63, 3.8) is 0 Å². The molecule has 8 heteroatoms. The Bertz CT molecular complexity index is 474. The van der Waals surface area contributed by atoms with E-state index < -0.39 is 0 Å². The highest BCUT2D eigenvalue weighted by Crippen LogP contribution is 2.14. The van der Waals surface area contributed by atoms with Gasteiger partial charge in [-0.05, 0) is 0 Å². The summed E-state index contributed by atoms with van der Waals surface area (Å²) in [7, 11) is 1.65. The molecular weight excluding hydrogens is 240 g/mol. The molecule has 0 saturated heterocycles. The van der Waals surface area contributed by atoms with Crippen LogP contribution in [-0.2, 0) is 4.74 Å². The number of nitrogens with zero attached hydrogens (tertiary/aromatic N) is 5. The predicted octanol–water partition coefficient (Wildman–Crippen LogP) is 0.378. The number of hydrogen-bond acceptors (Lipinski definition) is 7. The molecule has 0 saturated carbocycles. The summed E-state index contributed by atoms with van der Waals surface area (Å²) in [6.07, 6.45) is 5.01. The highest BCUT2D eigenvalue weighted by molar-refractivity contribution is 7.99. The average molecular weight is 252 g/mol. The maximum absolute atomic E-state index is 5.63. The van der Waals surface area contributed by atoms with Gasteiger partial charge in [0.15, 0.2) is 5.16 Å². The number of rotatable bonds is 5. The Hall–Kier alpha value is -1.67. The minimum atomic E-state index is 0.198. The van der Waals surface area contributed by atoms with Crippen LogP contribution in [0.3, 0.4) is 0 Å². The van der Waals surface area contributed by atoms with E-state index in [0.717, 1.165) is 5.75 Å². The number of thioether (sulfide) groups is 1. The summed E-state index contributed by atoms with van der Waals surface area (Å²) in [5.41, 5.74) is 5.63. The summed E-state index contributed by atoms with van der Waals surface area (Å²) < 4.78 is 6.64. The van der Waals surface area contributed by atoms with Crippen molar-refractivity contribution in [2.75, 3.05) is 25.2 Å². The van der Waals surface area contributed by atoms with Crippen LogP contribution in [0.2, 0.25) is 0 Å². The number of aromatic nitrogens is 5. The van der Waals surface area contributed by atoms with Crippen LogP contribution < -0.4 is 5.73 Å². The standard InChI is InChI=1S/C9H12N6OS/c1-16-4-5-17-9-13-7(10)12-8(14-9)15-3-2-11-6-15/h2-3,6H,4-5H2,1H3,(H2,10,12,13,14). The lowest BCUT2D eigenvalue weighted by atomic mass is 10.8. The van der Waals surface area contributed by atoms with Gasteiger partial charge in [-0.1, -0.05) is 11.8 Å². The van der Waals surface area contributed by atoms with E-state index in [-0.39, 0.29) is 5.95 Å². The first-order valence-electron chi connectivity index (χ1n) is 4.91. The number of hydrogen-bond donors (Lipinski definition) is 1. The Balaban J connectivity index is 2.18. The summed E-state index contributed by atoms with van der Waals surface area (Å²) in [5, 5.41) is 0.582. The van der Waals surface area contributed by atoms with Crippen LogP contribution >= 0.6 is 11.8 Å². The molecule has 0 fully saturated rings. The molecule has 2 heterocycles. The Labute approximate surface area is 102 Å². The average Bonchev–Trinajstić information content (AvgIpc) is 2.82. The van der Waals surface area contributed by atoms with Crippen molar-refractivity contribution in [2.45, 2.75) is 5.16 Å². The van der Waals surface area contributed by atoms with Crippen molar-refractivity contribution in [3.8, 4) is 5.95 Å². The first kappa shape index (κ1) is 11.8. The lowest BCUT2D eigenvalue weighted by molar-refractivity contribution is 0.218. The van der Waals surface area contributed by atoms with E-state index in [1.807, 2.05) is 0 Å². The minimum absolute atomic E-state index is 0.198. The fraction of sp³-hybridized carbons (Fsp3) is 0.333. The molecule has 0 bridgehead atoms. The molecule has 0 amide bonds. The van der Waals surface area contributed by atoms with Crippen molar-refractivity contribution in [2.24, 2.45) is 0 Å². The van der Waals surface area contributed by atoms with Crippen LogP contribution in [0.15, 0.2) is 23.9 Å². The second kappa shape index (κ2) is 5.60. The number of imidazole rings is 1. The topological polar surface area (TPSA) is 91.7 Å². The normalized spacial score (nSPS) is 10.6. The Morgan fingerprint density at radius 3 is 3.00 bits per heavy atom. The Morgan fingerprint density at radius 2 is 2.29 bits per heavy atom. The third-order valence-electron chi connectivity index (χ3n) is 1.87. The third-order valence-corrected chi connectivity index (χ3v) is 2.69. The number of nitrogen functional groups attached to an aromatic ring is 1. The summed E-state index contributed by atoms with van der Waals surface area (Å²) in [4.78, 5) is 16.3. The second-order valence-electron chi connectivity index (χ2n) is 3.09. The molecule has 0 aliphatic rings. The molecule has 2 aromatic heterocycles. The van der Waals surface area contributed by atoms with Gasteiger partial charge in [-0.2, -0.15) is 15.0 Å². The predicted molar refractivity (Wildman–Crippen MR) is 64.0 cm³/mol. The van der Waals surface area contributed by atoms with Gasteiger partial charge in [-0.15, -0.1) is 0 Å². The van der Waals surface area contributed by atoms with E-state index in [4.69, 9.17) is 10.5 Å². The monoisotopic (exact) mass is 252 g/mol. The lowest BCUT2D eigenvalue weighted by Gasteiger charge is -2.04. The SMILES string of the molecule is COCCSc1nc(N)nc(-n2ccnc2)n1. The minimum Gasteiger partial charge on any atom is -0.384 e. The zero-order valence-electron chi connectivity index (χ0n) is 9.28. The van der Waals surface area contributed by atoms with Gasteiger partial charge >= 0.3 is 0 Å². The van der Waals surface area contributed by atoms with E-state index in [1.165, 1.54) is 11.8 Å². The largest absolute Gasteiger partial charge is 0.384 e. The molecule has 0 aromatic carbocycles. The smallest absolute Gasteiger partial charge is 0.240 e. The van der Waals surface area contributed by atoms with Crippen LogP contribution in [0.1, 0.15) is 0 Å². The highest BCUT2D eigenvalue weighted by Gasteiger charge is 2.06. The number of anilines is 1. The van der Waals surface area contributed by atoms with Crippen molar-refractivity contribution >= 4 is 17.7 Å². The quantitative estimate of drug-likeness (QED) is 0.607. The van der Waals surface area contributed by atoms with Crippen LogP contribution in [0.5, 0.6) is 0 Å². The molecular formula is C9H12N6OS. The molecule has 0 spiro atoms. The molecule has 90 valence electrons. The maximum Gasteiger partial charge on any atom is 0.240 e. The molecule has 7 nitrogen and oxygen atoms in total. The van der Waals surface area contributed by atoms with Gasteiger partial charge in [0, 0.05) is 25.3 Å².